The number of hydrogen-bond donors (Lipinski definition) is 1. The molecule has 1 amide bonds. The van der Waals surface area contributed by atoms with Gasteiger partial charge in [0.25, 0.3) is 0 Å². The molecule has 1 aliphatic heterocycles. The number of likely N-dealkylation sites (tertiary alicyclic amines) is 1. The van der Waals surface area contributed by atoms with Gasteiger partial charge in [0, 0.05) is 24.4 Å². The summed E-state index contributed by atoms with van der Waals surface area (Å²) in [6, 6.07) is 2.25. The maximum atomic E-state index is 11.1. The molecule has 2 heterocycles. The van der Waals surface area contributed by atoms with E-state index >= 15 is 0 Å². The van der Waals surface area contributed by atoms with Crippen LogP contribution in [-0.2, 0) is 11.3 Å². The van der Waals surface area contributed by atoms with Crippen LogP contribution >= 0.6 is 22.9 Å². The van der Waals surface area contributed by atoms with Crippen molar-refractivity contribution in [1.29, 1.82) is 0 Å². The molecule has 0 saturated carbocycles. The van der Waals surface area contributed by atoms with E-state index in [0.29, 0.717) is 5.92 Å². The molecule has 5 heteroatoms. The molecule has 3 nitrogen and oxygen atoms in total. The van der Waals surface area contributed by atoms with Crippen molar-refractivity contribution in [2.45, 2.75) is 39.3 Å². The van der Waals surface area contributed by atoms with Crippen LogP contribution in [0.2, 0.25) is 5.02 Å². The summed E-state index contributed by atoms with van der Waals surface area (Å²) < 4.78 is 0. The second-order valence-electron chi connectivity index (χ2n) is 5.29. The Bertz CT molecular complexity index is 427. The first-order chi connectivity index (χ1) is 9.06. The van der Waals surface area contributed by atoms with Crippen molar-refractivity contribution in [3.05, 3.63) is 21.3 Å². The molecule has 0 radical (unpaired) electrons. The zero-order chi connectivity index (χ0) is 13.8. The summed E-state index contributed by atoms with van der Waals surface area (Å²) >= 11 is 7.86. The van der Waals surface area contributed by atoms with Crippen LogP contribution in [0.4, 0.5) is 0 Å². The van der Waals surface area contributed by atoms with E-state index in [0.717, 1.165) is 37.5 Å². The molecule has 19 heavy (non-hydrogen) atoms. The highest BCUT2D eigenvalue weighted by Gasteiger charge is 2.24. The molecule has 1 saturated heterocycles. The first kappa shape index (κ1) is 14.8. The fraction of sp³-hybridized carbons (Fsp3) is 0.643. The van der Waals surface area contributed by atoms with E-state index < -0.39 is 0 Å². The number of carbonyl (C=O) groups is 1. The van der Waals surface area contributed by atoms with E-state index in [9.17, 15) is 4.79 Å². The average molecular weight is 301 g/mol. The molecule has 0 aliphatic carbocycles. The van der Waals surface area contributed by atoms with Crippen LogP contribution in [0.15, 0.2) is 11.4 Å². The maximum absolute atomic E-state index is 11.1. The fourth-order valence-corrected chi connectivity index (χ4v) is 3.83. The molecular weight excluding hydrogens is 280 g/mol. The van der Waals surface area contributed by atoms with Crippen molar-refractivity contribution in [1.82, 2.24) is 10.2 Å². The fourth-order valence-electron chi connectivity index (χ4n) is 2.69. The lowest BCUT2D eigenvalue weighted by Crippen LogP contribution is -2.43. The largest absolute Gasteiger partial charge is 0.354 e. The number of carbonyl (C=O) groups excluding carboxylic acids is 1. The minimum atomic E-state index is 0.0697. The third kappa shape index (κ3) is 4.20. The highest BCUT2D eigenvalue weighted by Crippen LogP contribution is 2.27. The number of nitrogens with one attached hydrogen (secondary N) is 1. The van der Waals surface area contributed by atoms with Gasteiger partial charge in [-0.3, -0.25) is 9.69 Å². The van der Waals surface area contributed by atoms with Gasteiger partial charge in [0.2, 0.25) is 5.91 Å². The minimum absolute atomic E-state index is 0.0697. The van der Waals surface area contributed by atoms with Crippen molar-refractivity contribution in [3.63, 3.8) is 0 Å². The highest BCUT2D eigenvalue weighted by atomic mass is 35.5. The van der Waals surface area contributed by atoms with E-state index in [1.165, 1.54) is 4.88 Å². The van der Waals surface area contributed by atoms with Gasteiger partial charge in [-0.15, -0.1) is 11.3 Å². The number of amides is 1. The van der Waals surface area contributed by atoms with Crippen LogP contribution in [0.1, 0.15) is 31.6 Å². The Morgan fingerprint density at radius 1 is 1.58 bits per heavy atom. The predicted molar refractivity (Wildman–Crippen MR) is 80.6 cm³/mol. The smallest absolute Gasteiger partial charge is 0.217 e. The van der Waals surface area contributed by atoms with Gasteiger partial charge < -0.3 is 5.32 Å². The quantitative estimate of drug-likeness (QED) is 0.926. The Hall–Kier alpha value is -0.580. The molecule has 1 N–H and O–H groups in total. The van der Waals surface area contributed by atoms with Crippen molar-refractivity contribution in [2.75, 3.05) is 13.1 Å². The van der Waals surface area contributed by atoms with Crippen LogP contribution < -0.4 is 5.32 Å². The average Bonchev–Trinajstić information content (AvgIpc) is 2.75. The maximum Gasteiger partial charge on any atom is 0.217 e. The monoisotopic (exact) mass is 300 g/mol. The van der Waals surface area contributed by atoms with Crippen LogP contribution in [0.3, 0.4) is 0 Å². The first-order valence-corrected chi connectivity index (χ1v) is 8.03. The van der Waals surface area contributed by atoms with E-state index in [2.05, 4.69) is 17.1 Å². The summed E-state index contributed by atoms with van der Waals surface area (Å²) in [5, 5.41) is 5.94. The number of halogens is 1. The number of rotatable bonds is 4. The topological polar surface area (TPSA) is 32.3 Å². The third-order valence-corrected chi connectivity index (χ3v) is 5.20. The minimum Gasteiger partial charge on any atom is -0.354 e. The molecule has 1 aromatic rings. The van der Waals surface area contributed by atoms with Crippen LogP contribution in [0.5, 0.6) is 0 Å². The van der Waals surface area contributed by atoms with E-state index in [1.54, 1.807) is 18.3 Å². The molecule has 1 fully saturated rings. The Morgan fingerprint density at radius 3 is 2.79 bits per heavy atom. The number of thiophene rings is 1. The standard InChI is InChI=1S/C14H21ClN2OS/c1-10(16-11(2)18)12-3-6-17(7-4-12)9-14-13(15)5-8-19-14/h5,8,10,12H,3-4,6-7,9H2,1-2H3,(H,16,18)/t10-/m1/s1. The van der Waals surface area contributed by atoms with Gasteiger partial charge >= 0.3 is 0 Å². The Morgan fingerprint density at radius 2 is 2.26 bits per heavy atom. The van der Waals surface area contributed by atoms with Gasteiger partial charge in [0.05, 0.1) is 5.02 Å². The highest BCUT2D eigenvalue weighted by molar-refractivity contribution is 7.10. The van der Waals surface area contributed by atoms with Crippen molar-refractivity contribution < 1.29 is 4.79 Å². The molecule has 1 aromatic heterocycles. The summed E-state index contributed by atoms with van der Waals surface area (Å²) in [5.41, 5.74) is 0. The SMILES string of the molecule is CC(=O)N[C@H](C)C1CCN(Cc2sccc2Cl)CC1. The molecule has 0 unspecified atom stereocenters. The van der Waals surface area contributed by atoms with Crippen LogP contribution in [0, 0.1) is 5.92 Å². The number of hydrogen-bond acceptors (Lipinski definition) is 3. The zero-order valence-electron chi connectivity index (χ0n) is 11.5. The van der Waals surface area contributed by atoms with E-state index in [-0.39, 0.29) is 11.9 Å². The Balaban J connectivity index is 1.79. The second-order valence-corrected chi connectivity index (χ2v) is 6.70. The molecule has 2 rings (SSSR count). The van der Waals surface area contributed by atoms with E-state index in [4.69, 9.17) is 11.6 Å². The molecule has 0 bridgehead atoms. The van der Waals surface area contributed by atoms with Crippen LogP contribution in [-0.4, -0.2) is 29.9 Å². The third-order valence-electron chi connectivity index (χ3n) is 3.83. The van der Waals surface area contributed by atoms with Gasteiger partial charge in [0.15, 0.2) is 0 Å². The van der Waals surface area contributed by atoms with Gasteiger partial charge in [-0.2, -0.15) is 0 Å². The number of nitrogens with zero attached hydrogens (tertiary/aromatic N) is 1. The summed E-state index contributed by atoms with van der Waals surface area (Å²) in [7, 11) is 0. The molecule has 0 aromatic carbocycles. The first-order valence-electron chi connectivity index (χ1n) is 6.77. The van der Waals surface area contributed by atoms with Crippen molar-refractivity contribution in [3.8, 4) is 0 Å². The lowest BCUT2D eigenvalue weighted by Gasteiger charge is -2.34. The Kier molecular flexibility index (Phi) is 5.25. The van der Waals surface area contributed by atoms with Gasteiger partial charge in [-0.05, 0) is 50.2 Å². The van der Waals surface area contributed by atoms with Crippen molar-refractivity contribution in [2.24, 2.45) is 5.92 Å². The Labute approximate surface area is 123 Å². The van der Waals surface area contributed by atoms with Gasteiger partial charge in [-0.1, -0.05) is 11.6 Å². The predicted octanol–water partition coefficient (Wildman–Crippen LogP) is 3.14. The molecule has 1 atom stereocenters. The van der Waals surface area contributed by atoms with Crippen molar-refractivity contribution >= 4 is 28.8 Å². The molecule has 1 aliphatic rings. The summed E-state index contributed by atoms with van der Waals surface area (Å²) in [4.78, 5) is 14.8. The summed E-state index contributed by atoms with van der Waals surface area (Å²) in [6.45, 7) is 6.83. The normalized spacial score (nSPS) is 19.3. The second kappa shape index (κ2) is 6.73. The zero-order valence-corrected chi connectivity index (χ0v) is 13.1. The van der Waals surface area contributed by atoms with Crippen LogP contribution in [0.25, 0.3) is 0 Å². The summed E-state index contributed by atoms with van der Waals surface area (Å²) in [5.74, 6) is 0.666. The van der Waals surface area contributed by atoms with E-state index in [1.807, 2.05) is 11.4 Å². The van der Waals surface area contributed by atoms with Gasteiger partial charge in [-0.25, -0.2) is 0 Å². The number of piperidine rings is 1. The summed E-state index contributed by atoms with van der Waals surface area (Å²) in [6.07, 6.45) is 2.29. The lowest BCUT2D eigenvalue weighted by molar-refractivity contribution is -0.120. The molecule has 106 valence electrons. The molecular formula is C14H21ClN2OS. The lowest BCUT2D eigenvalue weighted by atomic mass is 9.90. The molecule has 0 spiro atoms. The van der Waals surface area contributed by atoms with Gasteiger partial charge in [0.1, 0.15) is 0 Å².